The molecule has 3 rings (SSSR count). The lowest BCUT2D eigenvalue weighted by atomic mass is 10.1. The maximum Gasteiger partial charge on any atom is 0.416 e. The minimum absolute atomic E-state index is 0.200. The minimum atomic E-state index is -4.46. The summed E-state index contributed by atoms with van der Waals surface area (Å²) < 4.78 is 41.1. The van der Waals surface area contributed by atoms with Gasteiger partial charge in [0.15, 0.2) is 0 Å². The molecule has 1 fully saturated rings. The molecule has 0 unspecified atom stereocenters. The summed E-state index contributed by atoms with van der Waals surface area (Å²) in [4.78, 5) is 14.6. The lowest BCUT2D eigenvalue weighted by Gasteiger charge is -2.31. The zero-order valence-corrected chi connectivity index (χ0v) is 14.9. The first kappa shape index (κ1) is 18.4. The van der Waals surface area contributed by atoms with Gasteiger partial charge in [-0.15, -0.1) is 0 Å². The predicted molar refractivity (Wildman–Crippen MR) is 95.6 cm³/mol. The third-order valence-corrected chi connectivity index (χ3v) is 4.87. The fraction of sp³-hybridized carbons (Fsp3) is 0.421. The van der Waals surface area contributed by atoms with Gasteiger partial charge in [-0.3, -0.25) is 4.79 Å². The predicted octanol–water partition coefficient (Wildman–Crippen LogP) is 4.59. The van der Waals surface area contributed by atoms with Crippen molar-refractivity contribution >= 4 is 17.3 Å². The van der Waals surface area contributed by atoms with Gasteiger partial charge >= 0.3 is 6.18 Å². The highest BCUT2D eigenvalue weighted by Gasteiger charge is 2.32. The number of aromatic nitrogens is 1. The number of nitrogens with zero attached hydrogens (tertiary/aromatic N) is 2. The second-order valence-corrected chi connectivity index (χ2v) is 6.65. The fourth-order valence-corrected chi connectivity index (χ4v) is 3.25. The van der Waals surface area contributed by atoms with Crippen LogP contribution in [0.25, 0.3) is 0 Å². The molecule has 1 aliphatic rings. The third kappa shape index (κ3) is 3.71. The van der Waals surface area contributed by atoms with E-state index in [-0.39, 0.29) is 5.69 Å². The van der Waals surface area contributed by atoms with Gasteiger partial charge in [0.05, 0.1) is 16.9 Å². The Hall–Kier alpha value is -2.44. The van der Waals surface area contributed by atoms with Gasteiger partial charge in [0.1, 0.15) is 5.69 Å². The average molecular weight is 365 g/mol. The lowest BCUT2D eigenvalue weighted by Crippen LogP contribution is -2.30. The van der Waals surface area contributed by atoms with E-state index in [1.54, 1.807) is 23.7 Å². The number of alkyl halides is 3. The van der Waals surface area contributed by atoms with Crippen LogP contribution in [0.3, 0.4) is 0 Å². The number of carbonyl (C=O) groups is 1. The van der Waals surface area contributed by atoms with Crippen LogP contribution in [0, 0.1) is 6.92 Å². The van der Waals surface area contributed by atoms with Gasteiger partial charge < -0.3 is 14.8 Å². The number of piperidine rings is 1. The Bertz CT molecular complexity index is 805. The standard InChI is InChI=1S/C19H22F3N3O/c1-13-6-8-17(24(13)2)18(26)23-15-12-14(19(20,21)22)7-9-16(15)25-10-4-3-5-11-25/h6-9,12H,3-5,10-11H2,1-2H3,(H,23,26). The van der Waals surface area contributed by atoms with Gasteiger partial charge in [0.25, 0.3) is 5.91 Å². The summed E-state index contributed by atoms with van der Waals surface area (Å²) in [5, 5.41) is 2.69. The summed E-state index contributed by atoms with van der Waals surface area (Å²) in [6.45, 7) is 3.41. The Kier molecular flexibility index (Phi) is 4.98. The molecule has 0 saturated carbocycles. The second-order valence-electron chi connectivity index (χ2n) is 6.65. The zero-order chi connectivity index (χ0) is 18.9. The molecule has 1 aromatic heterocycles. The van der Waals surface area contributed by atoms with E-state index in [2.05, 4.69) is 5.32 Å². The molecular formula is C19H22F3N3O. The Labute approximate surface area is 150 Å². The van der Waals surface area contributed by atoms with Crippen LogP contribution in [0.1, 0.15) is 41.0 Å². The summed E-state index contributed by atoms with van der Waals surface area (Å²) in [5.41, 5.74) is 1.37. The Morgan fingerprint density at radius 1 is 1.08 bits per heavy atom. The summed E-state index contributed by atoms with van der Waals surface area (Å²) in [6.07, 6.45) is -1.36. The maximum absolute atomic E-state index is 13.1. The average Bonchev–Trinajstić information content (AvgIpc) is 2.94. The number of hydrogen-bond acceptors (Lipinski definition) is 2. The first-order chi connectivity index (χ1) is 12.3. The highest BCUT2D eigenvalue weighted by atomic mass is 19.4. The van der Waals surface area contributed by atoms with Crippen molar-refractivity contribution in [3.8, 4) is 0 Å². The number of carbonyl (C=O) groups excluding carboxylic acids is 1. The van der Waals surface area contributed by atoms with E-state index < -0.39 is 17.6 Å². The van der Waals surface area contributed by atoms with Crippen molar-refractivity contribution in [2.45, 2.75) is 32.4 Å². The Morgan fingerprint density at radius 2 is 1.77 bits per heavy atom. The minimum Gasteiger partial charge on any atom is -0.370 e. The molecule has 1 aliphatic heterocycles. The van der Waals surface area contributed by atoms with E-state index in [4.69, 9.17) is 0 Å². The Morgan fingerprint density at radius 3 is 2.35 bits per heavy atom. The van der Waals surface area contributed by atoms with Gasteiger partial charge in [0, 0.05) is 25.8 Å². The van der Waals surface area contributed by atoms with Gasteiger partial charge in [0.2, 0.25) is 0 Å². The smallest absolute Gasteiger partial charge is 0.370 e. The third-order valence-electron chi connectivity index (χ3n) is 4.87. The second kappa shape index (κ2) is 7.05. The molecule has 26 heavy (non-hydrogen) atoms. The number of rotatable bonds is 3. The van der Waals surface area contributed by atoms with E-state index >= 15 is 0 Å². The van der Waals surface area contributed by atoms with E-state index in [0.717, 1.165) is 50.2 Å². The molecule has 0 atom stereocenters. The lowest BCUT2D eigenvalue weighted by molar-refractivity contribution is -0.137. The molecule has 2 heterocycles. The number of hydrogen-bond donors (Lipinski definition) is 1. The first-order valence-corrected chi connectivity index (χ1v) is 8.67. The molecule has 4 nitrogen and oxygen atoms in total. The highest BCUT2D eigenvalue weighted by Crippen LogP contribution is 2.36. The molecule has 0 spiro atoms. The molecule has 1 N–H and O–H groups in total. The molecule has 2 aromatic rings. The van der Waals surface area contributed by atoms with Gasteiger partial charge in [-0.25, -0.2) is 0 Å². The number of benzene rings is 1. The monoisotopic (exact) mass is 365 g/mol. The maximum atomic E-state index is 13.1. The van der Waals surface area contributed by atoms with Crippen LogP contribution in [0.2, 0.25) is 0 Å². The van der Waals surface area contributed by atoms with Crippen molar-refractivity contribution in [2.24, 2.45) is 7.05 Å². The van der Waals surface area contributed by atoms with E-state index in [1.165, 1.54) is 6.07 Å². The summed E-state index contributed by atoms with van der Waals surface area (Å²) in [6, 6.07) is 7.02. The molecule has 0 radical (unpaired) electrons. The fourth-order valence-electron chi connectivity index (χ4n) is 3.25. The molecule has 7 heteroatoms. The summed E-state index contributed by atoms with van der Waals surface area (Å²) in [7, 11) is 1.75. The molecule has 1 saturated heterocycles. The zero-order valence-electron chi connectivity index (χ0n) is 14.9. The van der Waals surface area contributed by atoms with Crippen LogP contribution >= 0.6 is 0 Å². The van der Waals surface area contributed by atoms with E-state index in [0.29, 0.717) is 11.4 Å². The molecular weight excluding hydrogens is 343 g/mol. The van der Waals surface area contributed by atoms with Crippen LogP contribution in [0.15, 0.2) is 30.3 Å². The van der Waals surface area contributed by atoms with Crippen molar-refractivity contribution < 1.29 is 18.0 Å². The molecule has 140 valence electrons. The quantitative estimate of drug-likeness (QED) is 0.863. The van der Waals surface area contributed by atoms with Crippen LogP contribution < -0.4 is 10.2 Å². The van der Waals surface area contributed by atoms with Crippen molar-refractivity contribution in [2.75, 3.05) is 23.3 Å². The SMILES string of the molecule is Cc1ccc(C(=O)Nc2cc(C(F)(F)F)ccc2N2CCCCC2)n1C. The molecule has 0 bridgehead atoms. The number of amides is 1. The molecule has 0 aliphatic carbocycles. The van der Waals surface area contributed by atoms with Gasteiger partial charge in [-0.1, -0.05) is 0 Å². The topological polar surface area (TPSA) is 37.3 Å². The van der Waals surface area contributed by atoms with Crippen LogP contribution in [-0.4, -0.2) is 23.6 Å². The molecule has 1 amide bonds. The van der Waals surface area contributed by atoms with E-state index in [9.17, 15) is 18.0 Å². The normalized spacial score (nSPS) is 15.2. The van der Waals surface area contributed by atoms with Gasteiger partial charge in [-0.05, 0) is 56.5 Å². The number of anilines is 2. The summed E-state index contributed by atoms with van der Waals surface area (Å²) >= 11 is 0. The van der Waals surface area contributed by atoms with Gasteiger partial charge in [-0.2, -0.15) is 13.2 Å². The van der Waals surface area contributed by atoms with Crippen molar-refractivity contribution in [1.29, 1.82) is 0 Å². The molecule has 1 aromatic carbocycles. The number of nitrogens with one attached hydrogen (secondary N) is 1. The van der Waals surface area contributed by atoms with E-state index in [1.807, 2.05) is 11.8 Å². The van der Waals surface area contributed by atoms with Crippen LogP contribution in [-0.2, 0) is 13.2 Å². The van der Waals surface area contributed by atoms with Crippen molar-refractivity contribution in [3.63, 3.8) is 0 Å². The first-order valence-electron chi connectivity index (χ1n) is 8.67. The van der Waals surface area contributed by atoms with Crippen LogP contribution in [0.4, 0.5) is 24.5 Å². The Balaban J connectivity index is 1.96. The van der Waals surface area contributed by atoms with Crippen molar-refractivity contribution in [3.05, 3.63) is 47.3 Å². The van der Waals surface area contributed by atoms with Crippen molar-refractivity contribution in [1.82, 2.24) is 4.57 Å². The largest absolute Gasteiger partial charge is 0.416 e. The van der Waals surface area contributed by atoms with Crippen LogP contribution in [0.5, 0.6) is 0 Å². The summed E-state index contributed by atoms with van der Waals surface area (Å²) in [5.74, 6) is -0.418. The number of halogens is 3. The highest BCUT2D eigenvalue weighted by molar-refractivity contribution is 6.05. The number of aryl methyl sites for hydroxylation is 1.